The Hall–Kier alpha value is -0.160. The highest BCUT2D eigenvalue weighted by atomic mass is 16.7. The van der Waals surface area contributed by atoms with Crippen molar-refractivity contribution in [3.63, 3.8) is 0 Å². The highest BCUT2D eigenvalue weighted by Gasteiger charge is 2.69. The van der Waals surface area contributed by atoms with E-state index in [2.05, 4.69) is 4.90 Å². The molecule has 1 N–H and O–H groups in total. The summed E-state index contributed by atoms with van der Waals surface area (Å²) in [4.78, 5) is 2.25. The van der Waals surface area contributed by atoms with Gasteiger partial charge in [-0.3, -0.25) is 4.90 Å². The molecular formula is C10H17NO3. The minimum Gasteiger partial charge on any atom is -0.395 e. The molecule has 2 spiro atoms. The fraction of sp³-hybridized carbons (Fsp3) is 1.00. The SMILES string of the molecule is OCCN1COC2(CCCO2)C12CC2. The van der Waals surface area contributed by atoms with E-state index in [1.165, 1.54) is 0 Å². The molecule has 2 heterocycles. The number of β-amino-alcohol motifs (C(OH)–C–C–N with tert-alkyl or cyclic N) is 1. The molecule has 80 valence electrons. The first-order valence-corrected chi connectivity index (χ1v) is 5.47. The summed E-state index contributed by atoms with van der Waals surface area (Å²) >= 11 is 0. The zero-order valence-electron chi connectivity index (χ0n) is 8.37. The highest BCUT2D eigenvalue weighted by Crippen LogP contribution is 2.58. The lowest BCUT2D eigenvalue weighted by Crippen LogP contribution is -2.48. The van der Waals surface area contributed by atoms with Crippen LogP contribution in [0, 0.1) is 0 Å². The monoisotopic (exact) mass is 199 g/mol. The van der Waals surface area contributed by atoms with Crippen LogP contribution in [0.5, 0.6) is 0 Å². The standard InChI is InChI=1S/C10H17NO3/c12-6-5-11-8-14-10(2-1-7-13-10)9(11)3-4-9/h12H,1-8H2. The summed E-state index contributed by atoms with van der Waals surface area (Å²) in [5.74, 6) is -0.317. The van der Waals surface area contributed by atoms with Crippen LogP contribution in [0.15, 0.2) is 0 Å². The Labute approximate surface area is 83.8 Å². The molecule has 4 nitrogen and oxygen atoms in total. The van der Waals surface area contributed by atoms with Gasteiger partial charge in [0.25, 0.3) is 0 Å². The van der Waals surface area contributed by atoms with E-state index in [0.717, 1.165) is 32.3 Å². The van der Waals surface area contributed by atoms with Gasteiger partial charge in [-0.25, -0.2) is 0 Å². The minimum atomic E-state index is -0.317. The van der Waals surface area contributed by atoms with Gasteiger partial charge in [0, 0.05) is 13.0 Å². The molecule has 0 aromatic rings. The van der Waals surface area contributed by atoms with Gasteiger partial charge in [-0.15, -0.1) is 0 Å². The summed E-state index contributed by atoms with van der Waals surface area (Å²) in [6.07, 6.45) is 4.45. The Morgan fingerprint density at radius 2 is 2.07 bits per heavy atom. The summed E-state index contributed by atoms with van der Waals surface area (Å²) < 4.78 is 11.6. The number of aliphatic hydroxyl groups excluding tert-OH is 1. The molecule has 0 radical (unpaired) electrons. The fourth-order valence-corrected chi connectivity index (χ4v) is 2.99. The number of fused-ring (bicyclic) bond motifs is 1. The number of hydrogen-bond donors (Lipinski definition) is 1. The van der Waals surface area contributed by atoms with Gasteiger partial charge in [0.2, 0.25) is 0 Å². The molecule has 1 atom stereocenters. The van der Waals surface area contributed by atoms with E-state index in [1.54, 1.807) is 0 Å². The first-order chi connectivity index (χ1) is 6.83. The van der Waals surface area contributed by atoms with Crippen molar-refractivity contribution in [1.29, 1.82) is 0 Å². The molecule has 3 aliphatic rings. The molecule has 0 amide bonds. The number of aliphatic hydroxyl groups is 1. The zero-order chi connectivity index (χ0) is 9.65. The lowest BCUT2D eigenvalue weighted by molar-refractivity contribution is -0.192. The second kappa shape index (κ2) is 2.92. The van der Waals surface area contributed by atoms with E-state index in [1.807, 2.05) is 0 Å². The van der Waals surface area contributed by atoms with Crippen molar-refractivity contribution >= 4 is 0 Å². The average Bonchev–Trinajstić information content (AvgIpc) is 2.77. The van der Waals surface area contributed by atoms with Crippen molar-refractivity contribution < 1.29 is 14.6 Å². The summed E-state index contributed by atoms with van der Waals surface area (Å²) in [6.45, 7) is 2.38. The van der Waals surface area contributed by atoms with E-state index >= 15 is 0 Å². The van der Waals surface area contributed by atoms with Crippen LogP contribution in [-0.2, 0) is 9.47 Å². The zero-order valence-corrected chi connectivity index (χ0v) is 8.37. The van der Waals surface area contributed by atoms with Gasteiger partial charge in [-0.2, -0.15) is 0 Å². The first-order valence-electron chi connectivity index (χ1n) is 5.47. The van der Waals surface area contributed by atoms with Crippen LogP contribution in [0.1, 0.15) is 25.7 Å². The third kappa shape index (κ3) is 0.972. The molecule has 2 saturated heterocycles. The van der Waals surface area contributed by atoms with E-state index in [9.17, 15) is 0 Å². The fourth-order valence-electron chi connectivity index (χ4n) is 2.99. The Morgan fingerprint density at radius 1 is 1.21 bits per heavy atom. The summed E-state index contributed by atoms with van der Waals surface area (Å²) in [6, 6.07) is 0. The molecule has 1 aliphatic carbocycles. The van der Waals surface area contributed by atoms with Gasteiger partial charge in [0.1, 0.15) is 6.73 Å². The molecule has 3 rings (SSSR count). The Balaban J connectivity index is 1.83. The topological polar surface area (TPSA) is 41.9 Å². The van der Waals surface area contributed by atoms with Crippen LogP contribution in [-0.4, -0.2) is 47.8 Å². The minimum absolute atomic E-state index is 0.117. The molecule has 1 saturated carbocycles. The quantitative estimate of drug-likeness (QED) is 0.695. The summed E-state index contributed by atoms with van der Waals surface area (Å²) in [5, 5.41) is 8.98. The van der Waals surface area contributed by atoms with Crippen molar-refractivity contribution in [2.24, 2.45) is 0 Å². The van der Waals surface area contributed by atoms with Gasteiger partial charge in [-0.05, 0) is 19.3 Å². The molecule has 0 aromatic heterocycles. The Morgan fingerprint density at radius 3 is 2.64 bits per heavy atom. The maximum absolute atomic E-state index is 8.98. The Kier molecular flexibility index (Phi) is 1.89. The number of rotatable bonds is 2. The van der Waals surface area contributed by atoms with E-state index in [-0.39, 0.29) is 17.9 Å². The van der Waals surface area contributed by atoms with Crippen molar-refractivity contribution in [1.82, 2.24) is 4.90 Å². The Bertz CT molecular complexity index is 234. The molecule has 0 aromatic carbocycles. The van der Waals surface area contributed by atoms with E-state index in [0.29, 0.717) is 13.3 Å². The van der Waals surface area contributed by atoms with Crippen LogP contribution in [0.25, 0.3) is 0 Å². The predicted molar refractivity (Wildman–Crippen MR) is 49.6 cm³/mol. The molecule has 1 unspecified atom stereocenters. The van der Waals surface area contributed by atoms with Crippen molar-refractivity contribution in [2.75, 3.05) is 26.5 Å². The first kappa shape index (κ1) is 9.09. The number of nitrogens with zero attached hydrogens (tertiary/aromatic N) is 1. The third-order valence-electron chi connectivity index (χ3n) is 3.85. The van der Waals surface area contributed by atoms with E-state index in [4.69, 9.17) is 14.6 Å². The molecule has 3 fully saturated rings. The average molecular weight is 199 g/mol. The highest BCUT2D eigenvalue weighted by molar-refractivity contribution is 5.17. The molecule has 0 bridgehead atoms. The molecule has 14 heavy (non-hydrogen) atoms. The number of hydrogen-bond acceptors (Lipinski definition) is 4. The van der Waals surface area contributed by atoms with Crippen LogP contribution in [0.4, 0.5) is 0 Å². The van der Waals surface area contributed by atoms with Gasteiger partial charge in [0.05, 0.1) is 18.8 Å². The summed E-state index contributed by atoms with van der Waals surface area (Å²) in [5.41, 5.74) is 0.117. The van der Waals surface area contributed by atoms with Crippen molar-refractivity contribution in [2.45, 2.75) is 37.0 Å². The number of ether oxygens (including phenoxy) is 2. The lowest BCUT2D eigenvalue weighted by atomic mass is 10.0. The summed E-state index contributed by atoms with van der Waals surface area (Å²) in [7, 11) is 0. The maximum Gasteiger partial charge on any atom is 0.188 e. The molecule has 4 heteroatoms. The lowest BCUT2D eigenvalue weighted by Gasteiger charge is -2.32. The van der Waals surface area contributed by atoms with E-state index < -0.39 is 0 Å². The van der Waals surface area contributed by atoms with Crippen molar-refractivity contribution in [3.8, 4) is 0 Å². The smallest absolute Gasteiger partial charge is 0.188 e. The van der Waals surface area contributed by atoms with Crippen molar-refractivity contribution in [3.05, 3.63) is 0 Å². The third-order valence-corrected chi connectivity index (χ3v) is 3.85. The van der Waals surface area contributed by atoms with Gasteiger partial charge < -0.3 is 14.6 Å². The van der Waals surface area contributed by atoms with Gasteiger partial charge in [-0.1, -0.05) is 0 Å². The van der Waals surface area contributed by atoms with Gasteiger partial charge in [0.15, 0.2) is 5.79 Å². The normalized spacial score (nSPS) is 40.1. The second-order valence-electron chi connectivity index (χ2n) is 4.50. The van der Waals surface area contributed by atoms with Crippen LogP contribution < -0.4 is 0 Å². The molecule has 2 aliphatic heterocycles. The predicted octanol–water partition coefficient (Wildman–Crippen LogP) is 0.308. The maximum atomic E-state index is 8.98. The van der Waals surface area contributed by atoms with Gasteiger partial charge >= 0.3 is 0 Å². The van der Waals surface area contributed by atoms with Crippen LogP contribution in [0.2, 0.25) is 0 Å². The largest absolute Gasteiger partial charge is 0.395 e. The second-order valence-corrected chi connectivity index (χ2v) is 4.50. The van der Waals surface area contributed by atoms with Crippen LogP contribution in [0.3, 0.4) is 0 Å². The van der Waals surface area contributed by atoms with Crippen LogP contribution >= 0.6 is 0 Å². The molecular weight excluding hydrogens is 182 g/mol.